The van der Waals surface area contributed by atoms with Gasteiger partial charge in [0.25, 0.3) is 5.91 Å². The zero-order valence-corrected chi connectivity index (χ0v) is 11.1. The molecule has 1 aromatic heterocycles. The number of nitrogens with two attached hydrogens (primary N) is 2. The van der Waals surface area contributed by atoms with Crippen molar-refractivity contribution in [2.75, 3.05) is 11.1 Å². The Labute approximate surface area is 115 Å². The fourth-order valence-corrected chi connectivity index (χ4v) is 2.11. The van der Waals surface area contributed by atoms with Crippen LogP contribution in [-0.4, -0.2) is 19.3 Å². The molecule has 1 aromatic carbocycles. The molecule has 0 radical (unpaired) electrons. The number of hydrogen-bond acceptors (Lipinski definition) is 5. The summed E-state index contributed by atoms with van der Waals surface area (Å²) in [5.74, 6) is -0.533. The molecule has 0 saturated carbocycles. The van der Waals surface area contributed by atoms with Gasteiger partial charge in [0, 0.05) is 11.9 Å². The lowest BCUT2D eigenvalue weighted by Crippen LogP contribution is -2.17. The Morgan fingerprint density at radius 3 is 2.60 bits per heavy atom. The van der Waals surface area contributed by atoms with Gasteiger partial charge in [-0.1, -0.05) is 6.07 Å². The Kier molecular flexibility index (Phi) is 3.68. The molecule has 0 saturated heterocycles. The Bertz CT molecular complexity index is 759. The highest BCUT2D eigenvalue weighted by molar-refractivity contribution is 7.89. The summed E-state index contributed by atoms with van der Waals surface area (Å²) in [6, 6.07) is 8.74. The molecule has 0 aliphatic heterocycles. The largest absolute Gasteiger partial charge is 0.397 e. The zero-order valence-electron chi connectivity index (χ0n) is 10.3. The van der Waals surface area contributed by atoms with E-state index in [1.807, 2.05) is 0 Å². The van der Waals surface area contributed by atoms with Gasteiger partial charge in [-0.3, -0.25) is 4.79 Å². The van der Waals surface area contributed by atoms with Gasteiger partial charge < -0.3 is 11.1 Å². The first-order valence-corrected chi connectivity index (χ1v) is 7.07. The van der Waals surface area contributed by atoms with E-state index in [-0.39, 0.29) is 22.0 Å². The average Bonchev–Trinajstić information content (AvgIpc) is 2.38. The van der Waals surface area contributed by atoms with E-state index in [0.29, 0.717) is 0 Å². The van der Waals surface area contributed by atoms with Crippen LogP contribution in [0.3, 0.4) is 0 Å². The van der Waals surface area contributed by atoms with Crippen molar-refractivity contribution in [1.82, 2.24) is 4.98 Å². The van der Waals surface area contributed by atoms with Gasteiger partial charge in [-0.2, -0.15) is 0 Å². The number of benzene rings is 1. The van der Waals surface area contributed by atoms with Crippen LogP contribution in [0.2, 0.25) is 0 Å². The normalized spacial score (nSPS) is 11.1. The van der Waals surface area contributed by atoms with E-state index in [1.54, 1.807) is 12.1 Å². The standard InChI is InChI=1S/C12H12N4O3S/c13-10-5-2-6-15-11(10)12(17)16-8-3-1-4-9(7-8)20(14,18)19/h1-7H,13H2,(H,16,17)(H2,14,18,19). The summed E-state index contributed by atoms with van der Waals surface area (Å²) >= 11 is 0. The number of hydrogen-bond donors (Lipinski definition) is 3. The van der Waals surface area contributed by atoms with Gasteiger partial charge in [-0.05, 0) is 30.3 Å². The predicted molar refractivity (Wildman–Crippen MR) is 74.4 cm³/mol. The maximum Gasteiger partial charge on any atom is 0.276 e. The number of pyridine rings is 1. The average molecular weight is 292 g/mol. The summed E-state index contributed by atoms with van der Waals surface area (Å²) in [6.45, 7) is 0. The third-order valence-electron chi connectivity index (χ3n) is 2.47. The lowest BCUT2D eigenvalue weighted by molar-refractivity contribution is 0.102. The summed E-state index contributed by atoms with van der Waals surface area (Å²) in [5, 5.41) is 7.53. The Balaban J connectivity index is 2.27. The molecule has 2 rings (SSSR count). The summed E-state index contributed by atoms with van der Waals surface area (Å²) < 4.78 is 22.5. The lowest BCUT2D eigenvalue weighted by atomic mass is 10.2. The molecule has 0 aliphatic carbocycles. The van der Waals surface area contributed by atoms with Gasteiger partial charge in [0.05, 0.1) is 10.6 Å². The minimum absolute atomic E-state index is 0.0634. The number of sulfonamides is 1. The molecule has 0 bridgehead atoms. The first kappa shape index (κ1) is 14.0. The topological polar surface area (TPSA) is 128 Å². The number of primary sulfonamides is 1. The van der Waals surface area contributed by atoms with E-state index in [1.165, 1.54) is 30.5 Å². The molecule has 7 nitrogen and oxygen atoms in total. The molecule has 0 atom stereocenters. The second kappa shape index (κ2) is 5.27. The Morgan fingerprint density at radius 1 is 1.20 bits per heavy atom. The smallest absolute Gasteiger partial charge is 0.276 e. The molecule has 20 heavy (non-hydrogen) atoms. The number of amides is 1. The minimum atomic E-state index is -3.83. The van der Waals surface area contributed by atoms with Crippen molar-refractivity contribution >= 4 is 27.3 Å². The van der Waals surface area contributed by atoms with E-state index in [2.05, 4.69) is 10.3 Å². The third-order valence-corrected chi connectivity index (χ3v) is 3.39. The Hall–Kier alpha value is -2.45. The van der Waals surface area contributed by atoms with Crippen molar-refractivity contribution in [2.45, 2.75) is 4.90 Å². The van der Waals surface area contributed by atoms with Gasteiger partial charge in [0.15, 0.2) is 5.69 Å². The van der Waals surface area contributed by atoms with Crippen molar-refractivity contribution in [3.05, 3.63) is 48.3 Å². The predicted octanol–water partition coefficient (Wildman–Crippen LogP) is 0.564. The fourth-order valence-electron chi connectivity index (χ4n) is 1.55. The maximum absolute atomic E-state index is 12.0. The van der Waals surface area contributed by atoms with Crippen LogP contribution in [0, 0.1) is 0 Å². The van der Waals surface area contributed by atoms with Crippen LogP contribution in [0.4, 0.5) is 11.4 Å². The second-order valence-corrected chi connectivity index (χ2v) is 5.53. The monoisotopic (exact) mass is 292 g/mol. The molecule has 8 heteroatoms. The number of nitrogen functional groups attached to an aromatic ring is 1. The van der Waals surface area contributed by atoms with Crippen molar-refractivity contribution in [1.29, 1.82) is 0 Å². The van der Waals surface area contributed by atoms with Gasteiger partial charge >= 0.3 is 0 Å². The van der Waals surface area contributed by atoms with Crippen LogP contribution >= 0.6 is 0 Å². The van der Waals surface area contributed by atoms with E-state index >= 15 is 0 Å². The van der Waals surface area contributed by atoms with Crippen molar-refractivity contribution in [3.8, 4) is 0 Å². The van der Waals surface area contributed by atoms with Gasteiger partial charge in [0.1, 0.15) is 0 Å². The third kappa shape index (κ3) is 3.11. The van der Waals surface area contributed by atoms with E-state index in [0.717, 1.165) is 0 Å². The molecule has 5 N–H and O–H groups in total. The highest BCUT2D eigenvalue weighted by atomic mass is 32.2. The summed E-state index contributed by atoms with van der Waals surface area (Å²) in [5.41, 5.74) is 6.21. The number of anilines is 2. The summed E-state index contributed by atoms with van der Waals surface area (Å²) in [4.78, 5) is 15.7. The minimum Gasteiger partial charge on any atom is -0.397 e. The first-order valence-electron chi connectivity index (χ1n) is 5.52. The molecule has 1 heterocycles. The molecule has 1 amide bonds. The molecule has 0 fully saturated rings. The van der Waals surface area contributed by atoms with E-state index in [9.17, 15) is 13.2 Å². The van der Waals surface area contributed by atoms with Gasteiger partial charge in [0.2, 0.25) is 10.0 Å². The summed E-state index contributed by atoms with van der Waals surface area (Å²) in [7, 11) is -3.83. The van der Waals surface area contributed by atoms with Crippen molar-refractivity contribution < 1.29 is 13.2 Å². The number of nitrogens with zero attached hydrogens (tertiary/aromatic N) is 1. The number of aromatic nitrogens is 1. The van der Waals surface area contributed by atoms with Gasteiger partial charge in [-0.25, -0.2) is 18.5 Å². The molecule has 2 aromatic rings. The van der Waals surface area contributed by atoms with Crippen LogP contribution in [0.25, 0.3) is 0 Å². The molecule has 104 valence electrons. The SMILES string of the molecule is Nc1cccnc1C(=O)Nc1cccc(S(N)(=O)=O)c1. The maximum atomic E-state index is 12.0. The van der Waals surface area contributed by atoms with Crippen LogP contribution in [0.1, 0.15) is 10.5 Å². The highest BCUT2D eigenvalue weighted by Crippen LogP contribution is 2.16. The second-order valence-electron chi connectivity index (χ2n) is 3.97. The van der Waals surface area contributed by atoms with Crippen LogP contribution < -0.4 is 16.2 Å². The first-order chi connectivity index (χ1) is 9.38. The van der Waals surface area contributed by atoms with Crippen LogP contribution in [-0.2, 0) is 10.0 Å². The molecular formula is C12H12N4O3S. The van der Waals surface area contributed by atoms with Gasteiger partial charge in [-0.15, -0.1) is 0 Å². The highest BCUT2D eigenvalue weighted by Gasteiger charge is 2.13. The molecule has 0 aliphatic rings. The Morgan fingerprint density at radius 2 is 1.95 bits per heavy atom. The molecular weight excluding hydrogens is 280 g/mol. The fraction of sp³-hybridized carbons (Fsp3) is 0. The van der Waals surface area contributed by atoms with E-state index in [4.69, 9.17) is 10.9 Å². The van der Waals surface area contributed by atoms with Crippen LogP contribution in [0.15, 0.2) is 47.5 Å². The number of carbonyl (C=O) groups excluding carboxylic acids is 1. The number of carbonyl (C=O) groups is 1. The van der Waals surface area contributed by atoms with E-state index < -0.39 is 15.9 Å². The molecule has 0 unspecified atom stereocenters. The quantitative estimate of drug-likeness (QED) is 0.761. The number of nitrogens with one attached hydrogen (secondary N) is 1. The van der Waals surface area contributed by atoms with Crippen molar-refractivity contribution in [3.63, 3.8) is 0 Å². The number of rotatable bonds is 3. The zero-order chi connectivity index (χ0) is 14.8. The van der Waals surface area contributed by atoms with Crippen molar-refractivity contribution in [2.24, 2.45) is 5.14 Å². The summed E-state index contributed by atoms with van der Waals surface area (Å²) in [6.07, 6.45) is 1.44. The molecule has 0 spiro atoms. The van der Waals surface area contributed by atoms with Crippen LogP contribution in [0.5, 0.6) is 0 Å². The lowest BCUT2D eigenvalue weighted by Gasteiger charge is -2.07.